The summed E-state index contributed by atoms with van der Waals surface area (Å²) in [7, 11) is 0. The van der Waals surface area contributed by atoms with Crippen LogP contribution in [0.3, 0.4) is 0 Å². The minimum absolute atomic E-state index is 0.113. The van der Waals surface area contributed by atoms with Crippen molar-refractivity contribution in [3.05, 3.63) is 28.3 Å². The number of aliphatic hydroxyl groups excluding tert-OH is 1. The molecular formula is C21H28O2. The van der Waals surface area contributed by atoms with E-state index in [4.69, 9.17) is 0 Å². The Morgan fingerprint density at radius 3 is 2.65 bits per heavy atom. The molecule has 0 aromatic heterocycles. The van der Waals surface area contributed by atoms with Crippen LogP contribution in [0.1, 0.15) is 67.7 Å². The molecule has 0 saturated heterocycles. The van der Waals surface area contributed by atoms with Gasteiger partial charge < -0.3 is 10.2 Å². The molecule has 2 N–H and O–H groups in total. The van der Waals surface area contributed by atoms with Gasteiger partial charge in [-0.15, -0.1) is 0 Å². The molecule has 1 aromatic carbocycles. The number of hydrogen-bond acceptors (Lipinski definition) is 2. The fourth-order valence-corrected chi connectivity index (χ4v) is 6.86. The highest BCUT2D eigenvalue weighted by Gasteiger charge is 2.57. The lowest BCUT2D eigenvalue weighted by Gasteiger charge is -2.51. The van der Waals surface area contributed by atoms with Crippen molar-refractivity contribution in [2.24, 2.45) is 23.2 Å². The number of fused-ring (bicyclic) bond motifs is 7. The van der Waals surface area contributed by atoms with Gasteiger partial charge in [0.1, 0.15) is 5.75 Å². The number of rotatable bonds is 0. The van der Waals surface area contributed by atoms with Crippen molar-refractivity contribution in [3.8, 4) is 5.75 Å². The normalized spacial score (nSPS) is 43.9. The summed E-state index contributed by atoms with van der Waals surface area (Å²) in [5, 5.41) is 21.0. The molecule has 2 saturated carbocycles. The van der Waals surface area contributed by atoms with E-state index < -0.39 is 0 Å². The van der Waals surface area contributed by atoms with Crippen LogP contribution in [0.15, 0.2) is 6.07 Å². The maximum absolute atomic E-state index is 10.8. The topological polar surface area (TPSA) is 40.5 Å². The van der Waals surface area contributed by atoms with Crippen molar-refractivity contribution in [2.75, 3.05) is 0 Å². The smallest absolute Gasteiger partial charge is 0.119 e. The third kappa shape index (κ3) is 1.68. The lowest BCUT2D eigenvalue weighted by Crippen LogP contribution is -2.44. The third-order valence-corrected chi connectivity index (χ3v) is 8.11. The van der Waals surface area contributed by atoms with E-state index in [-0.39, 0.29) is 11.5 Å². The van der Waals surface area contributed by atoms with Crippen LogP contribution < -0.4 is 0 Å². The highest BCUT2D eigenvalue weighted by atomic mass is 16.3. The highest BCUT2D eigenvalue weighted by Crippen LogP contribution is 2.63. The Morgan fingerprint density at radius 2 is 1.91 bits per heavy atom. The van der Waals surface area contributed by atoms with Crippen LogP contribution in [0.2, 0.25) is 0 Å². The van der Waals surface area contributed by atoms with Gasteiger partial charge >= 0.3 is 0 Å². The van der Waals surface area contributed by atoms with Gasteiger partial charge in [0.15, 0.2) is 0 Å². The standard InChI is InChI=1S/C21H28O2/c1-11-9-17-13-4-3-12-10-18(22)14-5-6-15(14)19(12)16(13)7-8-21(17,2)20(11)23/h10-11,13,16-17,20,22-23H,3-9H2,1-2H3/t11-,13-,16+,17+,20-,21+/m1/s1. The van der Waals surface area contributed by atoms with E-state index in [2.05, 4.69) is 19.9 Å². The summed E-state index contributed by atoms with van der Waals surface area (Å²) in [6, 6.07) is 2.07. The second-order valence-electron chi connectivity index (χ2n) is 9.04. The van der Waals surface area contributed by atoms with Crippen molar-refractivity contribution in [3.63, 3.8) is 0 Å². The molecule has 0 amide bonds. The fraction of sp³-hybridized carbons (Fsp3) is 0.714. The van der Waals surface area contributed by atoms with Crippen LogP contribution >= 0.6 is 0 Å². The zero-order valence-electron chi connectivity index (χ0n) is 14.3. The van der Waals surface area contributed by atoms with E-state index in [9.17, 15) is 10.2 Å². The molecule has 2 nitrogen and oxygen atoms in total. The van der Waals surface area contributed by atoms with Crippen molar-refractivity contribution in [2.45, 2.75) is 70.8 Å². The molecule has 0 radical (unpaired) electrons. The average molecular weight is 312 g/mol. The summed E-state index contributed by atoms with van der Waals surface area (Å²) < 4.78 is 0. The molecule has 23 heavy (non-hydrogen) atoms. The van der Waals surface area contributed by atoms with Crippen molar-refractivity contribution in [1.29, 1.82) is 0 Å². The Bertz CT molecular complexity index is 679. The Morgan fingerprint density at radius 1 is 1.13 bits per heavy atom. The number of benzene rings is 1. The molecular weight excluding hydrogens is 284 g/mol. The van der Waals surface area contributed by atoms with E-state index in [0.717, 1.165) is 25.2 Å². The second kappa shape index (κ2) is 4.53. The van der Waals surface area contributed by atoms with E-state index >= 15 is 0 Å². The van der Waals surface area contributed by atoms with Gasteiger partial charge in [0.05, 0.1) is 6.10 Å². The van der Waals surface area contributed by atoms with Crippen molar-refractivity contribution < 1.29 is 10.2 Å². The number of aryl methyl sites for hydroxylation is 1. The minimum atomic E-state index is -0.113. The number of aromatic hydroxyl groups is 1. The van der Waals surface area contributed by atoms with Crippen LogP contribution in [0.4, 0.5) is 0 Å². The molecule has 6 atom stereocenters. The zero-order chi connectivity index (χ0) is 15.9. The van der Waals surface area contributed by atoms with E-state index in [1.807, 2.05) is 0 Å². The third-order valence-electron chi connectivity index (χ3n) is 8.11. The number of phenols is 1. The summed E-state index contributed by atoms with van der Waals surface area (Å²) >= 11 is 0. The molecule has 0 spiro atoms. The van der Waals surface area contributed by atoms with Gasteiger partial charge in [-0.1, -0.05) is 13.8 Å². The molecule has 0 aliphatic heterocycles. The molecule has 0 bridgehead atoms. The molecule has 4 aliphatic rings. The molecule has 124 valence electrons. The molecule has 4 aliphatic carbocycles. The maximum atomic E-state index is 10.8. The van der Waals surface area contributed by atoms with E-state index in [1.165, 1.54) is 42.4 Å². The van der Waals surface area contributed by atoms with Crippen molar-refractivity contribution >= 4 is 0 Å². The quantitative estimate of drug-likeness (QED) is 0.761. The van der Waals surface area contributed by atoms with Crippen LogP contribution in [0.5, 0.6) is 5.75 Å². The Balaban J connectivity index is 1.58. The molecule has 5 rings (SSSR count). The van der Waals surface area contributed by atoms with Gasteiger partial charge in [-0.05, 0) is 102 Å². The minimum Gasteiger partial charge on any atom is -0.508 e. The Hall–Kier alpha value is -1.02. The Labute approximate surface area is 138 Å². The van der Waals surface area contributed by atoms with Gasteiger partial charge in [0.2, 0.25) is 0 Å². The van der Waals surface area contributed by atoms with Gasteiger partial charge in [0, 0.05) is 0 Å². The zero-order valence-corrected chi connectivity index (χ0v) is 14.3. The second-order valence-corrected chi connectivity index (χ2v) is 9.04. The van der Waals surface area contributed by atoms with Crippen LogP contribution in [0, 0.1) is 23.2 Å². The summed E-state index contributed by atoms with van der Waals surface area (Å²) in [5.41, 5.74) is 5.92. The summed E-state index contributed by atoms with van der Waals surface area (Å²) in [5.74, 6) is 3.12. The van der Waals surface area contributed by atoms with Gasteiger partial charge in [-0.2, -0.15) is 0 Å². The lowest BCUT2D eigenvalue weighted by atomic mass is 9.54. The molecule has 2 heteroatoms. The number of hydrogen-bond donors (Lipinski definition) is 2. The van der Waals surface area contributed by atoms with Crippen LogP contribution in [0.25, 0.3) is 0 Å². The SMILES string of the molecule is C[C@@H]1C[C@H]2[C@@H]3CCc4cc(O)c5c(c4[C@H]3CC[C@]2(C)[C@@H]1O)CC5. The first-order valence-corrected chi connectivity index (χ1v) is 9.55. The van der Waals surface area contributed by atoms with Gasteiger partial charge in [-0.25, -0.2) is 0 Å². The average Bonchev–Trinajstić information content (AvgIpc) is 2.71. The summed E-state index contributed by atoms with van der Waals surface area (Å²) in [4.78, 5) is 0. The molecule has 1 aromatic rings. The number of aliphatic hydroxyl groups is 1. The number of phenolic OH excluding ortho intramolecular Hbond substituents is 1. The van der Waals surface area contributed by atoms with Gasteiger partial charge in [0.25, 0.3) is 0 Å². The highest BCUT2D eigenvalue weighted by molar-refractivity contribution is 5.56. The van der Waals surface area contributed by atoms with Crippen LogP contribution in [-0.2, 0) is 19.3 Å². The monoisotopic (exact) mass is 312 g/mol. The molecule has 2 fully saturated rings. The van der Waals surface area contributed by atoms with E-state index in [0.29, 0.717) is 23.5 Å². The van der Waals surface area contributed by atoms with Crippen LogP contribution in [-0.4, -0.2) is 16.3 Å². The predicted octanol–water partition coefficient (Wildman–Crippen LogP) is 3.95. The first kappa shape index (κ1) is 14.3. The first-order valence-electron chi connectivity index (χ1n) is 9.55. The summed E-state index contributed by atoms with van der Waals surface area (Å²) in [6.07, 6.45) is 8.07. The summed E-state index contributed by atoms with van der Waals surface area (Å²) in [6.45, 7) is 4.59. The fourth-order valence-electron chi connectivity index (χ4n) is 6.86. The van der Waals surface area contributed by atoms with Gasteiger partial charge in [-0.3, -0.25) is 0 Å². The van der Waals surface area contributed by atoms with Crippen molar-refractivity contribution in [1.82, 2.24) is 0 Å². The Kier molecular flexibility index (Phi) is 2.83. The predicted molar refractivity (Wildman–Crippen MR) is 90.7 cm³/mol. The maximum Gasteiger partial charge on any atom is 0.119 e. The van der Waals surface area contributed by atoms with E-state index in [1.54, 1.807) is 5.56 Å². The molecule has 0 unspecified atom stereocenters. The largest absolute Gasteiger partial charge is 0.508 e. The lowest BCUT2D eigenvalue weighted by molar-refractivity contribution is -0.0310. The first-order chi connectivity index (χ1) is 11.0. The molecule has 0 heterocycles.